The molecule has 0 aliphatic carbocycles. The molecule has 7 nitrogen and oxygen atoms in total. The van der Waals surface area contributed by atoms with Gasteiger partial charge in [-0.1, -0.05) is 0 Å². The van der Waals surface area contributed by atoms with Gasteiger partial charge in [-0.3, -0.25) is 0 Å². The smallest absolute Gasteiger partial charge is 0.319 e. The monoisotopic (exact) mass is 354 g/mol. The van der Waals surface area contributed by atoms with Gasteiger partial charge in [-0.05, 0) is 24.6 Å². The first kappa shape index (κ1) is 17.6. The molecule has 0 fully saturated rings. The number of aromatic nitrogens is 2. The number of ether oxygens (including phenoxy) is 2. The van der Waals surface area contributed by atoms with E-state index in [1.54, 1.807) is 38.6 Å². The van der Waals surface area contributed by atoms with Crippen LogP contribution in [-0.2, 0) is 6.54 Å². The normalized spacial score (nSPS) is 10.5. The van der Waals surface area contributed by atoms with Gasteiger partial charge in [0.15, 0.2) is 0 Å². The maximum absolute atomic E-state index is 12.1. The molecule has 0 spiro atoms. The van der Waals surface area contributed by atoms with Crippen LogP contribution < -0.4 is 20.1 Å². The second kappa shape index (κ2) is 8.24. The van der Waals surface area contributed by atoms with E-state index in [4.69, 9.17) is 9.47 Å². The summed E-state index contributed by atoms with van der Waals surface area (Å²) in [5.41, 5.74) is 1.57. The highest BCUT2D eigenvalue weighted by atomic mass is 16.5. The van der Waals surface area contributed by atoms with E-state index in [2.05, 4.69) is 20.2 Å². The fourth-order valence-corrected chi connectivity index (χ4v) is 2.71. The minimum atomic E-state index is -0.268. The van der Waals surface area contributed by atoms with Gasteiger partial charge >= 0.3 is 6.03 Å². The summed E-state index contributed by atoms with van der Waals surface area (Å²) >= 11 is 0. The molecule has 0 saturated heterocycles. The topological polar surface area (TPSA) is 77.4 Å². The van der Waals surface area contributed by atoms with Gasteiger partial charge in [0.1, 0.15) is 17.1 Å². The number of carbonyl (C=O) groups excluding carboxylic acids is 1. The van der Waals surface area contributed by atoms with E-state index in [0.29, 0.717) is 23.7 Å². The van der Waals surface area contributed by atoms with Gasteiger partial charge in [-0.15, -0.1) is 0 Å². The molecule has 0 saturated carbocycles. The number of nitrogens with zero attached hydrogens (tertiary/aromatic N) is 2. The minimum absolute atomic E-state index is 0.268. The number of benzene rings is 1. The first-order valence-corrected chi connectivity index (χ1v) is 8.37. The molecule has 1 aromatic carbocycles. The van der Waals surface area contributed by atoms with Crippen LogP contribution in [0.5, 0.6) is 11.5 Å². The van der Waals surface area contributed by atoms with Crippen molar-refractivity contribution >= 4 is 22.8 Å². The van der Waals surface area contributed by atoms with Crippen molar-refractivity contribution in [3.8, 4) is 11.5 Å². The number of urea groups is 1. The summed E-state index contributed by atoms with van der Waals surface area (Å²) in [5, 5.41) is 6.75. The Kier molecular flexibility index (Phi) is 5.58. The van der Waals surface area contributed by atoms with E-state index in [1.807, 2.05) is 24.4 Å². The summed E-state index contributed by atoms with van der Waals surface area (Å²) in [6.45, 7) is 1.34. The first-order valence-electron chi connectivity index (χ1n) is 8.37. The maximum Gasteiger partial charge on any atom is 0.319 e. The molecule has 0 aliphatic rings. The number of pyridine rings is 1. The predicted octanol–water partition coefficient (Wildman–Crippen LogP) is 3.27. The summed E-state index contributed by atoms with van der Waals surface area (Å²) in [5.74, 6) is 1.23. The number of methoxy groups -OCH3 is 2. The van der Waals surface area contributed by atoms with Gasteiger partial charge in [-0.25, -0.2) is 9.78 Å². The third-order valence-corrected chi connectivity index (χ3v) is 3.99. The standard InChI is InChI=1S/C19H22N4O3/c1-25-16-11-15(12-17(13-16)26-2)22-19(24)21-8-4-9-23-10-6-14-5-3-7-20-18(14)23/h3,5-7,10-13H,4,8-9H2,1-2H3,(H2,21,22,24). The Balaban J connectivity index is 1.48. The van der Waals surface area contributed by atoms with Crippen molar-refractivity contribution in [3.05, 3.63) is 48.8 Å². The first-order chi connectivity index (χ1) is 12.7. The molecular weight excluding hydrogens is 332 g/mol. The van der Waals surface area contributed by atoms with E-state index in [0.717, 1.165) is 24.0 Å². The summed E-state index contributed by atoms with van der Waals surface area (Å²) in [7, 11) is 3.14. The zero-order valence-electron chi connectivity index (χ0n) is 14.9. The third-order valence-electron chi connectivity index (χ3n) is 3.99. The number of hydrogen-bond donors (Lipinski definition) is 2. The quantitative estimate of drug-likeness (QED) is 0.639. The highest BCUT2D eigenvalue weighted by Crippen LogP contribution is 2.25. The van der Waals surface area contributed by atoms with E-state index < -0.39 is 0 Å². The fourth-order valence-electron chi connectivity index (χ4n) is 2.71. The van der Waals surface area contributed by atoms with Crippen molar-refractivity contribution in [2.75, 3.05) is 26.1 Å². The Morgan fingerprint density at radius 3 is 2.65 bits per heavy atom. The number of fused-ring (bicyclic) bond motifs is 1. The van der Waals surface area contributed by atoms with Gasteiger partial charge in [0.2, 0.25) is 0 Å². The largest absolute Gasteiger partial charge is 0.497 e. The number of nitrogens with one attached hydrogen (secondary N) is 2. The molecule has 2 amide bonds. The lowest BCUT2D eigenvalue weighted by Gasteiger charge is -2.11. The summed E-state index contributed by atoms with van der Waals surface area (Å²) in [4.78, 5) is 16.4. The second-order valence-electron chi connectivity index (χ2n) is 5.76. The van der Waals surface area contributed by atoms with Crippen LogP contribution in [0.3, 0.4) is 0 Å². The van der Waals surface area contributed by atoms with Gasteiger partial charge in [0.25, 0.3) is 0 Å². The number of aryl methyl sites for hydroxylation is 1. The van der Waals surface area contributed by atoms with Crippen molar-refractivity contribution in [1.82, 2.24) is 14.9 Å². The fraction of sp³-hybridized carbons (Fsp3) is 0.263. The van der Waals surface area contributed by atoms with Crippen molar-refractivity contribution in [3.63, 3.8) is 0 Å². The molecule has 0 unspecified atom stereocenters. The van der Waals surface area contributed by atoms with Crippen LogP contribution in [0.15, 0.2) is 48.8 Å². The Labute approximate surface area is 151 Å². The van der Waals surface area contributed by atoms with E-state index in [9.17, 15) is 4.79 Å². The molecule has 0 atom stereocenters. The van der Waals surface area contributed by atoms with Gasteiger partial charge < -0.3 is 24.7 Å². The molecule has 0 aliphatic heterocycles. The van der Waals surface area contributed by atoms with Crippen LogP contribution in [0.25, 0.3) is 11.0 Å². The molecule has 2 aromatic heterocycles. The SMILES string of the molecule is COc1cc(NC(=O)NCCCn2ccc3cccnc32)cc(OC)c1. The lowest BCUT2D eigenvalue weighted by molar-refractivity contribution is 0.252. The Hall–Kier alpha value is -3.22. The van der Waals surface area contributed by atoms with Gasteiger partial charge in [0, 0.05) is 54.8 Å². The number of rotatable bonds is 7. The average molecular weight is 354 g/mol. The molecule has 0 radical (unpaired) electrons. The Morgan fingerprint density at radius 1 is 1.15 bits per heavy atom. The van der Waals surface area contributed by atoms with E-state index in [1.165, 1.54) is 0 Å². The van der Waals surface area contributed by atoms with E-state index in [-0.39, 0.29) is 6.03 Å². The molecular formula is C19H22N4O3. The summed E-state index contributed by atoms with van der Waals surface area (Å²) in [6.07, 6.45) is 4.60. The zero-order valence-corrected chi connectivity index (χ0v) is 14.9. The number of carbonyl (C=O) groups is 1. The molecule has 0 bridgehead atoms. The van der Waals surface area contributed by atoms with Crippen LogP contribution >= 0.6 is 0 Å². The number of hydrogen-bond acceptors (Lipinski definition) is 4. The third kappa shape index (κ3) is 4.24. The lowest BCUT2D eigenvalue weighted by Crippen LogP contribution is -2.30. The van der Waals surface area contributed by atoms with Crippen LogP contribution in [0.1, 0.15) is 6.42 Å². The van der Waals surface area contributed by atoms with E-state index >= 15 is 0 Å². The van der Waals surface area contributed by atoms with Gasteiger partial charge in [-0.2, -0.15) is 0 Å². The Bertz CT molecular complexity index is 869. The predicted molar refractivity (Wildman–Crippen MR) is 101 cm³/mol. The summed E-state index contributed by atoms with van der Waals surface area (Å²) in [6, 6.07) is 11.0. The highest BCUT2D eigenvalue weighted by Gasteiger charge is 2.06. The van der Waals surface area contributed by atoms with Crippen molar-refractivity contribution in [2.24, 2.45) is 0 Å². The van der Waals surface area contributed by atoms with Crippen LogP contribution in [0, 0.1) is 0 Å². The minimum Gasteiger partial charge on any atom is -0.497 e. The lowest BCUT2D eigenvalue weighted by atomic mass is 10.3. The van der Waals surface area contributed by atoms with Crippen LogP contribution in [-0.4, -0.2) is 36.3 Å². The maximum atomic E-state index is 12.1. The van der Waals surface area contributed by atoms with Crippen molar-refractivity contribution in [1.29, 1.82) is 0 Å². The molecule has 7 heteroatoms. The molecule has 26 heavy (non-hydrogen) atoms. The van der Waals surface area contributed by atoms with Crippen molar-refractivity contribution in [2.45, 2.75) is 13.0 Å². The number of anilines is 1. The Morgan fingerprint density at radius 2 is 1.92 bits per heavy atom. The molecule has 2 heterocycles. The molecule has 2 N–H and O–H groups in total. The van der Waals surface area contributed by atoms with Crippen LogP contribution in [0.4, 0.5) is 10.5 Å². The highest BCUT2D eigenvalue weighted by molar-refractivity contribution is 5.89. The van der Waals surface area contributed by atoms with Gasteiger partial charge in [0.05, 0.1) is 14.2 Å². The second-order valence-corrected chi connectivity index (χ2v) is 5.76. The van der Waals surface area contributed by atoms with Crippen molar-refractivity contribution < 1.29 is 14.3 Å². The van der Waals surface area contributed by atoms with Crippen LogP contribution in [0.2, 0.25) is 0 Å². The molecule has 136 valence electrons. The average Bonchev–Trinajstić information content (AvgIpc) is 3.08. The number of amides is 2. The summed E-state index contributed by atoms with van der Waals surface area (Å²) < 4.78 is 12.5. The zero-order chi connectivity index (χ0) is 18.4. The molecule has 3 aromatic rings. The molecule has 3 rings (SSSR count).